The Morgan fingerprint density at radius 1 is 0.857 bits per heavy atom. The molecule has 1 N–H and O–H groups in total. The van der Waals surface area contributed by atoms with Crippen molar-refractivity contribution >= 4 is 11.7 Å². The number of ketones is 1. The van der Waals surface area contributed by atoms with E-state index in [2.05, 4.69) is 0 Å². The second-order valence-corrected chi connectivity index (χ2v) is 7.95. The van der Waals surface area contributed by atoms with Crippen LogP contribution in [0.2, 0.25) is 0 Å². The standard InChI is InChI=1S/C24H27NO3/c26-16-14-22-3-1-2-15-25(22)24(28)21-12-6-18(7-13-21)17-4-8-19(9-5-17)23(27)20-10-11-20/h4-9,12-13,20,22,26H,1-3,10-11,14-16H2/t22-/m1/s1. The van der Waals surface area contributed by atoms with Crippen molar-refractivity contribution in [2.45, 2.75) is 44.6 Å². The van der Waals surface area contributed by atoms with Crippen LogP contribution >= 0.6 is 0 Å². The first-order chi connectivity index (χ1) is 13.7. The number of likely N-dealkylation sites (tertiary alicyclic amines) is 1. The first-order valence-corrected chi connectivity index (χ1v) is 10.3. The molecule has 4 nitrogen and oxygen atoms in total. The van der Waals surface area contributed by atoms with Crippen molar-refractivity contribution in [3.05, 3.63) is 59.7 Å². The van der Waals surface area contributed by atoms with E-state index in [-0.39, 0.29) is 30.3 Å². The number of hydrogen-bond acceptors (Lipinski definition) is 3. The molecule has 1 aliphatic carbocycles. The summed E-state index contributed by atoms with van der Waals surface area (Å²) < 4.78 is 0. The summed E-state index contributed by atoms with van der Waals surface area (Å²) in [4.78, 5) is 27.0. The number of carbonyl (C=O) groups excluding carboxylic acids is 2. The topological polar surface area (TPSA) is 57.6 Å². The van der Waals surface area contributed by atoms with E-state index >= 15 is 0 Å². The Kier molecular flexibility index (Phi) is 5.58. The van der Waals surface area contributed by atoms with E-state index in [1.54, 1.807) is 0 Å². The van der Waals surface area contributed by atoms with Gasteiger partial charge in [0.25, 0.3) is 5.91 Å². The van der Waals surface area contributed by atoms with Crippen LogP contribution in [0.3, 0.4) is 0 Å². The van der Waals surface area contributed by atoms with Gasteiger partial charge in [-0.15, -0.1) is 0 Å². The lowest BCUT2D eigenvalue weighted by Crippen LogP contribution is -2.44. The van der Waals surface area contributed by atoms with E-state index < -0.39 is 0 Å². The zero-order valence-electron chi connectivity index (χ0n) is 16.1. The van der Waals surface area contributed by atoms with Crippen molar-refractivity contribution in [1.82, 2.24) is 4.90 Å². The summed E-state index contributed by atoms with van der Waals surface area (Å²) in [5, 5.41) is 9.28. The van der Waals surface area contributed by atoms with Crippen molar-refractivity contribution in [2.75, 3.05) is 13.2 Å². The molecule has 2 fully saturated rings. The van der Waals surface area contributed by atoms with Gasteiger partial charge in [-0.2, -0.15) is 0 Å². The third-order valence-corrected chi connectivity index (χ3v) is 5.93. The van der Waals surface area contributed by atoms with Gasteiger partial charge in [-0.05, 0) is 61.8 Å². The maximum absolute atomic E-state index is 12.9. The highest BCUT2D eigenvalue weighted by molar-refractivity contribution is 5.99. The SMILES string of the molecule is O=C(c1ccc(-c2ccc(C(=O)N3CCCC[C@@H]3CCO)cc2)cc1)C1CC1. The smallest absolute Gasteiger partial charge is 0.254 e. The predicted molar refractivity (Wildman–Crippen MR) is 109 cm³/mol. The molecule has 0 radical (unpaired) electrons. The third-order valence-electron chi connectivity index (χ3n) is 5.93. The molecular formula is C24H27NO3. The van der Waals surface area contributed by atoms with Crippen molar-refractivity contribution in [3.63, 3.8) is 0 Å². The van der Waals surface area contributed by atoms with E-state index in [9.17, 15) is 14.7 Å². The molecule has 4 heteroatoms. The summed E-state index contributed by atoms with van der Waals surface area (Å²) in [6, 6.07) is 15.6. The molecule has 1 aliphatic heterocycles. The van der Waals surface area contributed by atoms with Crippen LogP contribution in [0.4, 0.5) is 0 Å². The average molecular weight is 377 g/mol. The largest absolute Gasteiger partial charge is 0.396 e. The van der Waals surface area contributed by atoms with Crippen LogP contribution in [0, 0.1) is 5.92 Å². The second kappa shape index (κ2) is 8.27. The summed E-state index contributed by atoms with van der Waals surface area (Å²) in [6.45, 7) is 0.883. The highest BCUT2D eigenvalue weighted by Crippen LogP contribution is 2.33. The first kappa shape index (κ1) is 18.9. The van der Waals surface area contributed by atoms with Crippen molar-refractivity contribution < 1.29 is 14.7 Å². The molecule has 0 spiro atoms. The second-order valence-electron chi connectivity index (χ2n) is 7.95. The minimum absolute atomic E-state index is 0.0510. The number of rotatable bonds is 6. The fraction of sp³-hybridized carbons (Fsp3) is 0.417. The van der Waals surface area contributed by atoms with Gasteiger partial charge in [0.05, 0.1) is 0 Å². The van der Waals surface area contributed by atoms with Gasteiger partial charge < -0.3 is 10.0 Å². The number of aliphatic hydroxyl groups is 1. The molecule has 1 atom stereocenters. The Balaban J connectivity index is 1.47. The summed E-state index contributed by atoms with van der Waals surface area (Å²) >= 11 is 0. The molecule has 1 amide bonds. The molecule has 2 aliphatic rings. The molecule has 0 unspecified atom stereocenters. The number of benzene rings is 2. The van der Waals surface area contributed by atoms with Crippen LogP contribution in [-0.4, -0.2) is 40.9 Å². The van der Waals surface area contributed by atoms with E-state index in [1.807, 2.05) is 53.4 Å². The van der Waals surface area contributed by atoms with Crippen LogP contribution < -0.4 is 0 Å². The summed E-state index contributed by atoms with van der Waals surface area (Å²) in [5.41, 5.74) is 3.56. The van der Waals surface area contributed by atoms with Crippen LogP contribution in [0.25, 0.3) is 11.1 Å². The first-order valence-electron chi connectivity index (χ1n) is 10.3. The minimum Gasteiger partial charge on any atom is -0.396 e. The summed E-state index contributed by atoms with van der Waals surface area (Å²) in [6.07, 6.45) is 5.80. The quantitative estimate of drug-likeness (QED) is 0.763. The molecular weight excluding hydrogens is 350 g/mol. The summed E-state index contributed by atoms with van der Waals surface area (Å²) in [5.74, 6) is 0.544. The summed E-state index contributed by atoms with van der Waals surface area (Å²) in [7, 11) is 0. The van der Waals surface area contributed by atoms with Crippen LogP contribution in [0.1, 0.15) is 59.2 Å². The molecule has 146 valence electrons. The Hall–Kier alpha value is -2.46. The normalized spacial score (nSPS) is 19.5. The third kappa shape index (κ3) is 4.02. The number of carbonyl (C=O) groups is 2. The molecule has 1 saturated carbocycles. The number of Topliss-reactive ketones (excluding diaryl/α,β-unsaturated/α-hetero) is 1. The van der Waals surface area contributed by atoms with E-state index in [0.29, 0.717) is 12.0 Å². The van der Waals surface area contributed by atoms with Gasteiger partial charge in [-0.25, -0.2) is 0 Å². The van der Waals surface area contributed by atoms with Gasteiger partial charge in [0, 0.05) is 36.2 Å². The maximum atomic E-state index is 12.9. The Morgan fingerprint density at radius 2 is 1.46 bits per heavy atom. The Morgan fingerprint density at radius 3 is 2.04 bits per heavy atom. The lowest BCUT2D eigenvalue weighted by Gasteiger charge is -2.35. The lowest BCUT2D eigenvalue weighted by atomic mass is 9.97. The number of hydrogen-bond donors (Lipinski definition) is 1. The van der Waals surface area contributed by atoms with Gasteiger partial charge in [-0.3, -0.25) is 9.59 Å². The monoisotopic (exact) mass is 377 g/mol. The van der Waals surface area contributed by atoms with Gasteiger partial charge in [0.15, 0.2) is 5.78 Å². The van der Waals surface area contributed by atoms with E-state index in [4.69, 9.17) is 0 Å². The van der Waals surface area contributed by atoms with Gasteiger partial charge in [0.1, 0.15) is 0 Å². The highest BCUT2D eigenvalue weighted by atomic mass is 16.3. The number of piperidine rings is 1. The van der Waals surface area contributed by atoms with Gasteiger partial charge in [0.2, 0.25) is 0 Å². The average Bonchev–Trinajstić information content (AvgIpc) is 3.59. The fourth-order valence-corrected chi connectivity index (χ4v) is 4.10. The molecule has 4 rings (SSSR count). The zero-order chi connectivity index (χ0) is 19.5. The Labute approximate surface area is 166 Å². The van der Waals surface area contributed by atoms with Gasteiger partial charge in [-0.1, -0.05) is 36.4 Å². The predicted octanol–water partition coefficient (Wildman–Crippen LogP) is 4.32. The zero-order valence-corrected chi connectivity index (χ0v) is 16.1. The minimum atomic E-state index is 0.0510. The number of aliphatic hydroxyl groups excluding tert-OH is 1. The molecule has 0 aromatic heterocycles. The molecule has 1 heterocycles. The van der Waals surface area contributed by atoms with Gasteiger partial charge >= 0.3 is 0 Å². The van der Waals surface area contributed by atoms with Crippen molar-refractivity contribution in [2.24, 2.45) is 5.92 Å². The van der Waals surface area contributed by atoms with Crippen molar-refractivity contribution in [3.8, 4) is 11.1 Å². The molecule has 28 heavy (non-hydrogen) atoms. The molecule has 0 bridgehead atoms. The Bertz CT molecular complexity index is 835. The highest BCUT2D eigenvalue weighted by Gasteiger charge is 2.30. The molecule has 1 saturated heterocycles. The lowest BCUT2D eigenvalue weighted by molar-refractivity contribution is 0.0574. The number of nitrogens with zero attached hydrogens (tertiary/aromatic N) is 1. The maximum Gasteiger partial charge on any atom is 0.254 e. The van der Waals surface area contributed by atoms with Crippen LogP contribution in [-0.2, 0) is 0 Å². The fourth-order valence-electron chi connectivity index (χ4n) is 4.10. The van der Waals surface area contributed by atoms with Crippen molar-refractivity contribution in [1.29, 1.82) is 0 Å². The number of amides is 1. The van der Waals surface area contributed by atoms with E-state index in [0.717, 1.165) is 55.3 Å². The van der Waals surface area contributed by atoms with Crippen LogP contribution in [0.15, 0.2) is 48.5 Å². The molecule has 2 aromatic rings. The molecule has 2 aromatic carbocycles. The van der Waals surface area contributed by atoms with E-state index in [1.165, 1.54) is 0 Å². The van der Waals surface area contributed by atoms with Crippen LogP contribution in [0.5, 0.6) is 0 Å².